The molecule has 0 bridgehead atoms. The quantitative estimate of drug-likeness (QED) is 0.701. The monoisotopic (exact) mass is 223 g/mol. The Morgan fingerprint density at radius 1 is 1.12 bits per heavy atom. The molecule has 0 amide bonds. The third-order valence-corrected chi connectivity index (χ3v) is 3.70. The van der Waals surface area contributed by atoms with E-state index < -0.39 is 0 Å². The molecule has 0 radical (unpaired) electrons. The number of fused-ring (bicyclic) bond motifs is 2. The van der Waals surface area contributed by atoms with E-state index in [2.05, 4.69) is 0 Å². The van der Waals surface area contributed by atoms with Crippen LogP contribution in [0.1, 0.15) is 11.1 Å². The predicted octanol–water partition coefficient (Wildman–Crippen LogP) is 0.164. The van der Waals surface area contributed by atoms with Crippen molar-refractivity contribution in [1.82, 2.24) is 4.57 Å². The third-order valence-electron chi connectivity index (χ3n) is 3.70. The fourth-order valence-corrected chi connectivity index (χ4v) is 2.62. The van der Waals surface area contributed by atoms with Crippen LogP contribution in [0, 0.1) is 0 Å². The fraction of sp³-hybridized carbons (Fsp3) is 0.636. The zero-order valence-corrected chi connectivity index (χ0v) is 8.72. The van der Waals surface area contributed by atoms with E-state index in [0.717, 1.165) is 30.6 Å². The average molecular weight is 223 g/mol. The first kappa shape index (κ1) is 8.90. The second-order valence-corrected chi connectivity index (χ2v) is 4.79. The summed E-state index contributed by atoms with van der Waals surface area (Å²) in [5.74, 6) is 0.383. The normalized spacial score (nSPS) is 34.4. The van der Waals surface area contributed by atoms with Gasteiger partial charge in [0, 0.05) is 24.0 Å². The molecule has 0 aromatic carbocycles. The Labute approximate surface area is 92.2 Å². The lowest BCUT2D eigenvalue weighted by Crippen LogP contribution is -2.09. The Morgan fingerprint density at radius 3 is 2.19 bits per heavy atom. The summed E-state index contributed by atoms with van der Waals surface area (Å²) in [4.78, 5) is 0. The van der Waals surface area contributed by atoms with Gasteiger partial charge in [0.2, 0.25) is 0 Å². The van der Waals surface area contributed by atoms with Gasteiger partial charge in [-0.2, -0.15) is 0 Å². The van der Waals surface area contributed by atoms with Crippen LogP contribution >= 0.6 is 0 Å². The number of rotatable bonds is 2. The van der Waals surface area contributed by atoms with Crippen molar-refractivity contribution in [3.05, 3.63) is 11.1 Å². The van der Waals surface area contributed by atoms with E-state index in [9.17, 15) is 10.2 Å². The number of aromatic hydroxyl groups is 2. The Morgan fingerprint density at radius 2 is 1.69 bits per heavy atom. The predicted molar refractivity (Wildman–Crippen MR) is 53.6 cm³/mol. The van der Waals surface area contributed by atoms with Crippen LogP contribution in [0.15, 0.2) is 0 Å². The van der Waals surface area contributed by atoms with Crippen molar-refractivity contribution < 1.29 is 19.7 Å². The molecular weight excluding hydrogens is 210 g/mol. The van der Waals surface area contributed by atoms with Gasteiger partial charge in [-0.05, 0) is 0 Å². The topological polar surface area (TPSA) is 70.5 Å². The van der Waals surface area contributed by atoms with Crippen molar-refractivity contribution in [3.8, 4) is 11.8 Å². The molecule has 2 fully saturated rings. The molecule has 0 spiro atoms. The average Bonchev–Trinajstić information content (AvgIpc) is 3.14. The number of aromatic nitrogens is 1. The molecule has 2 saturated heterocycles. The van der Waals surface area contributed by atoms with Crippen molar-refractivity contribution in [2.45, 2.75) is 37.7 Å². The molecule has 3 aliphatic rings. The number of epoxide rings is 2. The summed E-state index contributed by atoms with van der Waals surface area (Å²) in [6, 6.07) is 0. The summed E-state index contributed by atoms with van der Waals surface area (Å²) < 4.78 is 12.1. The molecule has 5 nitrogen and oxygen atoms in total. The number of nitrogens with zero attached hydrogens (tertiary/aromatic N) is 1. The van der Waals surface area contributed by atoms with Crippen LogP contribution in [-0.2, 0) is 28.9 Å². The van der Waals surface area contributed by atoms with Crippen molar-refractivity contribution in [2.24, 2.45) is 0 Å². The van der Waals surface area contributed by atoms with E-state index in [4.69, 9.17) is 9.47 Å². The first-order valence-electron chi connectivity index (χ1n) is 5.63. The van der Waals surface area contributed by atoms with Crippen molar-refractivity contribution in [1.29, 1.82) is 0 Å². The largest absolute Gasteiger partial charge is 0.494 e. The summed E-state index contributed by atoms with van der Waals surface area (Å²) in [5.41, 5.74) is 1.72. The van der Waals surface area contributed by atoms with Crippen LogP contribution in [0.25, 0.3) is 0 Å². The molecular formula is C11H13NO4. The van der Waals surface area contributed by atoms with Gasteiger partial charge in [-0.15, -0.1) is 0 Å². The van der Waals surface area contributed by atoms with Crippen molar-refractivity contribution in [2.75, 3.05) is 6.61 Å². The smallest absolute Gasteiger partial charge is 0.197 e. The minimum absolute atomic E-state index is 0.149. The molecule has 2 aliphatic heterocycles. The zero-order chi connectivity index (χ0) is 10.9. The van der Waals surface area contributed by atoms with Crippen molar-refractivity contribution >= 4 is 0 Å². The molecule has 86 valence electrons. The first-order valence-corrected chi connectivity index (χ1v) is 5.63. The van der Waals surface area contributed by atoms with Crippen LogP contribution in [-0.4, -0.2) is 39.7 Å². The molecule has 1 aromatic heterocycles. The lowest BCUT2D eigenvalue weighted by atomic mass is 9.95. The molecule has 4 rings (SSSR count). The Kier molecular flexibility index (Phi) is 1.52. The maximum absolute atomic E-state index is 10.1. The third kappa shape index (κ3) is 1.13. The van der Waals surface area contributed by atoms with Crippen LogP contribution in [0.3, 0.4) is 0 Å². The van der Waals surface area contributed by atoms with Gasteiger partial charge in [0.05, 0.1) is 31.5 Å². The molecule has 3 heterocycles. The van der Waals surface area contributed by atoms with Crippen LogP contribution in [0.5, 0.6) is 11.8 Å². The van der Waals surface area contributed by atoms with E-state index in [1.54, 1.807) is 4.57 Å². The lowest BCUT2D eigenvalue weighted by molar-refractivity contribution is 0.324. The Bertz CT molecular complexity index is 430. The van der Waals surface area contributed by atoms with Gasteiger partial charge in [0.15, 0.2) is 11.8 Å². The summed E-state index contributed by atoms with van der Waals surface area (Å²) in [6.07, 6.45) is 2.10. The van der Waals surface area contributed by atoms with Crippen LogP contribution in [0.2, 0.25) is 0 Å². The standard InChI is InChI=1S/C11H13NO4/c13-10-6-1-8-9(16-8)2-7(6)11(14)12(10)3-5-4-15-5/h5,8-9,13-14H,1-4H2. The SMILES string of the molecule is Oc1c2c(c(O)n1CC1CO1)CC1OC1C2. The molecule has 1 aromatic rings. The van der Waals surface area contributed by atoms with E-state index in [-0.39, 0.29) is 30.1 Å². The summed E-state index contributed by atoms with van der Waals surface area (Å²) >= 11 is 0. The van der Waals surface area contributed by atoms with E-state index >= 15 is 0 Å². The second-order valence-electron chi connectivity index (χ2n) is 4.79. The van der Waals surface area contributed by atoms with Gasteiger partial charge in [0.1, 0.15) is 0 Å². The first-order chi connectivity index (χ1) is 7.74. The minimum atomic E-state index is 0.149. The minimum Gasteiger partial charge on any atom is -0.494 e. The highest BCUT2D eigenvalue weighted by molar-refractivity contribution is 5.49. The maximum Gasteiger partial charge on any atom is 0.197 e. The molecule has 3 unspecified atom stereocenters. The highest BCUT2D eigenvalue weighted by Gasteiger charge is 2.46. The summed E-state index contributed by atoms with van der Waals surface area (Å²) in [5, 5.41) is 20.1. The van der Waals surface area contributed by atoms with Gasteiger partial charge >= 0.3 is 0 Å². The van der Waals surface area contributed by atoms with E-state index in [1.807, 2.05) is 0 Å². The van der Waals surface area contributed by atoms with Crippen molar-refractivity contribution in [3.63, 3.8) is 0 Å². The summed E-state index contributed by atoms with van der Waals surface area (Å²) in [6.45, 7) is 1.26. The highest BCUT2D eigenvalue weighted by atomic mass is 16.6. The van der Waals surface area contributed by atoms with E-state index in [0.29, 0.717) is 6.54 Å². The van der Waals surface area contributed by atoms with Gasteiger partial charge < -0.3 is 19.7 Å². The lowest BCUT2D eigenvalue weighted by Gasteiger charge is -2.05. The fourth-order valence-electron chi connectivity index (χ4n) is 2.62. The Balaban J connectivity index is 1.76. The Hall–Kier alpha value is -1.20. The molecule has 5 heteroatoms. The molecule has 16 heavy (non-hydrogen) atoms. The van der Waals surface area contributed by atoms with E-state index in [1.165, 1.54) is 0 Å². The number of hydrogen-bond acceptors (Lipinski definition) is 4. The second kappa shape index (κ2) is 2.73. The highest BCUT2D eigenvalue weighted by Crippen LogP contribution is 2.45. The summed E-state index contributed by atoms with van der Waals surface area (Å²) in [7, 11) is 0. The van der Waals surface area contributed by atoms with Crippen LogP contribution in [0.4, 0.5) is 0 Å². The van der Waals surface area contributed by atoms with Gasteiger partial charge in [-0.1, -0.05) is 0 Å². The number of hydrogen-bond donors (Lipinski definition) is 2. The molecule has 1 aliphatic carbocycles. The molecule has 3 atom stereocenters. The molecule has 2 N–H and O–H groups in total. The maximum atomic E-state index is 10.1. The number of ether oxygens (including phenoxy) is 2. The van der Waals surface area contributed by atoms with Gasteiger partial charge in [-0.25, -0.2) is 0 Å². The van der Waals surface area contributed by atoms with Crippen LogP contribution < -0.4 is 0 Å². The van der Waals surface area contributed by atoms with Gasteiger partial charge in [-0.3, -0.25) is 4.57 Å². The molecule has 0 saturated carbocycles. The van der Waals surface area contributed by atoms with Gasteiger partial charge in [0.25, 0.3) is 0 Å². The zero-order valence-electron chi connectivity index (χ0n) is 8.72.